The van der Waals surface area contributed by atoms with E-state index in [4.69, 9.17) is 0 Å². The normalized spacial score (nSPS) is 11.9. The summed E-state index contributed by atoms with van der Waals surface area (Å²) in [5.74, 6) is 1.11. The highest BCUT2D eigenvalue weighted by atomic mass is 32.2. The number of allylic oxidation sites excluding steroid dienone is 3. The highest BCUT2D eigenvalue weighted by molar-refractivity contribution is 8.13. The van der Waals surface area contributed by atoms with Crippen LogP contribution in [0.4, 0.5) is 0 Å². The number of unbranched alkanes of at least 4 members (excludes halogenated alkanes) is 1. The van der Waals surface area contributed by atoms with Crippen molar-refractivity contribution < 1.29 is 0 Å². The minimum atomic E-state index is 1.09. The van der Waals surface area contributed by atoms with Crippen molar-refractivity contribution in [3.05, 3.63) is 37.6 Å². The van der Waals surface area contributed by atoms with Crippen LogP contribution in [0.1, 0.15) is 19.8 Å². The van der Waals surface area contributed by atoms with Crippen LogP contribution in [-0.4, -0.2) is 10.8 Å². The Balaban J connectivity index is 3.54. The van der Waals surface area contributed by atoms with Gasteiger partial charge in [-0.3, -0.25) is 4.99 Å². The van der Waals surface area contributed by atoms with Crippen LogP contribution in [-0.2, 0) is 0 Å². The van der Waals surface area contributed by atoms with Crippen LogP contribution in [0.15, 0.2) is 42.6 Å². The average molecular weight is 195 g/mol. The zero-order chi connectivity index (χ0) is 9.94. The maximum atomic E-state index is 4.21. The van der Waals surface area contributed by atoms with Gasteiger partial charge in [0.1, 0.15) is 0 Å². The van der Waals surface area contributed by atoms with Gasteiger partial charge in [-0.25, -0.2) is 0 Å². The second-order valence-corrected chi connectivity index (χ2v) is 3.79. The lowest BCUT2D eigenvalue weighted by molar-refractivity contribution is 0.976. The van der Waals surface area contributed by atoms with Gasteiger partial charge in [0.15, 0.2) is 0 Å². The van der Waals surface area contributed by atoms with E-state index in [1.807, 2.05) is 19.1 Å². The largest absolute Gasteiger partial charge is 0.255 e. The predicted molar refractivity (Wildman–Crippen MR) is 64.3 cm³/mol. The van der Waals surface area contributed by atoms with Crippen LogP contribution in [0.5, 0.6) is 0 Å². The first-order chi connectivity index (χ1) is 6.31. The number of hydrogen-bond donors (Lipinski definition) is 0. The summed E-state index contributed by atoms with van der Waals surface area (Å²) in [6.07, 6.45) is 9.52. The fourth-order valence-corrected chi connectivity index (χ4v) is 1.44. The Kier molecular flexibility index (Phi) is 8.78. The summed E-state index contributed by atoms with van der Waals surface area (Å²) in [4.78, 5) is 4.21. The molecule has 0 aromatic carbocycles. The zero-order valence-corrected chi connectivity index (χ0v) is 9.02. The number of aliphatic imine (C=N–C) groups is 1. The fourth-order valence-electron chi connectivity index (χ4n) is 0.694. The summed E-state index contributed by atoms with van der Waals surface area (Å²) >= 11 is 1.78. The van der Waals surface area contributed by atoms with E-state index in [1.54, 1.807) is 24.0 Å². The molecule has 0 saturated carbocycles. The van der Waals surface area contributed by atoms with Gasteiger partial charge in [0, 0.05) is 6.20 Å². The van der Waals surface area contributed by atoms with Gasteiger partial charge in [-0.15, -0.1) is 18.3 Å². The molecule has 0 fully saturated rings. The molecule has 0 N–H and O–H groups in total. The number of thioether (sulfide) groups is 1. The summed E-state index contributed by atoms with van der Waals surface area (Å²) in [5, 5.41) is 1.10. The first kappa shape index (κ1) is 12.2. The van der Waals surface area contributed by atoms with Gasteiger partial charge < -0.3 is 0 Å². The maximum Gasteiger partial charge on any atom is 0.0700 e. The monoisotopic (exact) mass is 195 g/mol. The van der Waals surface area contributed by atoms with Crippen LogP contribution in [0, 0.1) is 0 Å². The Morgan fingerprint density at radius 2 is 2.23 bits per heavy atom. The highest BCUT2D eigenvalue weighted by Crippen LogP contribution is 2.07. The summed E-state index contributed by atoms with van der Waals surface area (Å²) < 4.78 is 0. The van der Waals surface area contributed by atoms with Crippen LogP contribution in [0.3, 0.4) is 0 Å². The van der Waals surface area contributed by atoms with Crippen LogP contribution < -0.4 is 0 Å². The lowest BCUT2D eigenvalue weighted by atomic mass is 10.3. The van der Waals surface area contributed by atoms with Crippen molar-refractivity contribution in [1.29, 1.82) is 0 Å². The third-order valence-electron chi connectivity index (χ3n) is 1.34. The van der Waals surface area contributed by atoms with Gasteiger partial charge >= 0.3 is 0 Å². The Morgan fingerprint density at radius 1 is 1.46 bits per heavy atom. The summed E-state index contributed by atoms with van der Waals surface area (Å²) in [6.45, 7) is 9.27. The van der Waals surface area contributed by atoms with E-state index in [0.717, 1.165) is 17.2 Å². The van der Waals surface area contributed by atoms with E-state index < -0.39 is 0 Å². The maximum absolute atomic E-state index is 4.21. The Bertz CT molecular complexity index is 204. The number of nitrogens with zero attached hydrogens (tertiary/aromatic N) is 1. The molecule has 0 radical (unpaired) electrons. The molecule has 0 aliphatic carbocycles. The van der Waals surface area contributed by atoms with Crippen molar-refractivity contribution in [2.24, 2.45) is 4.99 Å². The molecule has 0 bridgehead atoms. The molecule has 0 aromatic rings. The van der Waals surface area contributed by atoms with Gasteiger partial charge in [-0.1, -0.05) is 18.7 Å². The average Bonchev–Trinajstić information content (AvgIpc) is 2.13. The first-order valence-corrected chi connectivity index (χ1v) is 5.35. The minimum absolute atomic E-state index is 1.09. The van der Waals surface area contributed by atoms with Crippen molar-refractivity contribution in [1.82, 2.24) is 0 Å². The Morgan fingerprint density at radius 3 is 2.85 bits per heavy atom. The Labute approximate surface area is 85.3 Å². The molecule has 0 unspecified atom stereocenters. The standard InChI is InChI=1S/C11H17NS/c1-4-6-8-10-13-11(3)12-9-7-5-2/h4-5,7,9H,1-2,6,8,10H2,3H3/b9-7-,12-11+. The second-order valence-electron chi connectivity index (χ2n) is 2.50. The summed E-state index contributed by atoms with van der Waals surface area (Å²) in [5.41, 5.74) is 0. The molecular weight excluding hydrogens is 178 g/mol. The molecule has 2 heteroatoms. The van der Waals surface area contributed by atoms with Gasteiger partial charge in [0.2, 0.25) is 0 Å². The highest BCUT2D eigenvalue weighted by Gasteiger charge is 1.90. The fraction of sp³-hybridized carbons (Fsp3) is 0.364. The van der Waals surface area contributed by atoms with Crippen molar-refractivity contribution in [3.63, 3.8) is 0 Å². The van der Waals surface area contributed by atoms with Crippen LogP contribution >= 0.6 is 11.8 Å². The predicted octanol–water partition coefficient (Wildman–Crippen LogP) is 3.80. The third-order valence-corrected chi connectivity index (χ3v) is 2.36. The van der Waals surface area contributed by atoms with Gasteiger partial charge in [0.25, 0.3) is 0 Å². The van der Waals surface area contributed by atoms with Gasteiger partial charge in [-0.2, -0.15) is 0 Å². The van der Waals surface area contributed by atoms with Gasteiger partial charge in [0.05, 0.1) is 5.04 Å². The van der Waals surface area contributed by atoms with Crippen molar-refractivity contribution in [3.8, 4) is 0 Å². The molecule has 0 aliphatic rings. The topological polar surface area (TPSA) is 12.4 Å². The van der Waals surface area contributed by atoms with E-state index in [0.29, 0.717) is 0 Å². The quantitative estimate of drug-likeness (QED) is 0.206. The summed E-state index contributed by atoms with van der Waals surface area (Å²) in [7, 11) is 0. The molecule has 0 spiro atoms. The van der Waals surface area contributed by atoms with E-state index in [9.17, 15) is 0 Å². The van der Waals surface area contributed by atoms with Crippen molar-refractivity contribution in [2.75, 3.05) is 5.75 Å². The van der Waals surface area contributed by atoms with E-state index in [-0.39, 0.29) is 0 Å². The molecule has 0 saturated heterocycles. The lowest BCUT2D eigenvalue weighted by Gasteiger charge is -1.96. The molecule has 0 rings (SSSR count). The first-order valence-electron chi connectivity index (χ1n) is 4.37. The van der Waals surface area contributed by atoms with E-state index in [1.165, 1.54) is 6.42 Å². The molecule has 0 aromatic heterocycles. The van der Waals surface area contributed by atoms with Crippen molar-refractivity contribution >= 4 is 16.8 Å². The van der Waals surface area contributed by atoms with E-state index >= 15 is 0 Å². The van der Waals surface area contributed by atoms with Crippen molar-refractivity contribution in [2.45, 2.75) is 19.8 Å². The zero-order valence-electron chi connectivity index (χ0n) is 8.20. The van der Waals surface area contributed by atoms with Gasteiger partial charge in [-0.05, 0) is 31.6 Å². The SMILES string of the molecule is C=C/C=C\N=C(/C)SCCCC=C. The Hall–Kier alpha value is -0.760. The smallest absolute Gasteiger partial charge is 0.0700 e. The number of rotatable bonds is 6. The molecule has 0 atom stereocenters. The number of hydrogen-bond acceptors (Lipinski definition) is 2. The van der Waals surface area contributed by atoms with E-state index in [2.05, 4.69) is 18.2 Å². The summed E-state index contributed by atoms with van der Waals surface area (Å²) in [6, 6.07) is 0. The second kappa shape index (κ2) is 9.33. The minimum Gasteiger partial charge on any atom is -0.255 e. The lowest BCUT2D eigenvalue weighted by Crippen LogP contribution is -1.85. The third kappa shape index (κ3) is 9.15. The molecule has 0 heterocycles. The molecule has 0 amide bonds. The van der Waals surface area contributed by atoms with Crippen LogP contribution in [0.2, 0.25) is 0 Å². The molecule has 72 valence electrons. The molecule has 1 nitrogen and oxygen atoms in total. The van der Waals surface area contributed by atoms with Crippen LogP contribution in [0.25, 0.3) is 0 Å². The molecule has 0 aliphatic heterocycles. The molecular formula is C11H17NS. The molecule has 13 heavy (non-hydrogen) atoms.